The maximum atomic E-state index is 14.0. The highest BCUT2D eigenvalue weighted by molar-refractivity contribution is 5.88. The van der Waals surface area contributed by atoms with Crippen molar-refractivity contribution in [3.63, 3.8) is 0 Å². The fourth-order valence-corrected chi connectivity index (χ4v) is 1.34. The first kappa shape index (κ1) is 13.6. The zero-order valence-corrected chi connectivity index (χ0v) is 9.51. The van der Waals surface area contributed by atoms with Gasteiger partial charge in [-0.15, -0.1) is 0 Å². The van der Waals surface area contributed by atoms with Gasteiger partial charge in [-0.2, -0.15) is 5.26 Å². The maximum absolute atomic E-state index is 14.0. The normalized spacial score (nSPS) is 13.8. The molecule has 0 aromatic carbocycles. The highest BCUT2D eigenvalue weighted by Gasteiger charge is 2.41. The van der Waals surface area contributed by atoms with Crippen molar-refractivity contribution in [1.29, 1.82) is 5.26 Å². The molecule has 1 unspecified atom stereocenters. The molecule has 4 heteroatoms. The van der Waals surface area contributed by atoms with Crippen molar-refractivity contribution < 1.29 is 9.18 Å². The van der Waals surface area contributed by atoms with E-state index < -0.39 is 11.6 Å². The van der Waals surface area contributed by atoms with Gasteiger partial charge < -0.3 is 4.90 Å². The van der Waals surface area contributed by atoms with E-state index in [0.29, 0.717) is 18.7 Å². The minimum Gasteiger partial charge on any atom is -0.340 e. The first-order valence-electron chi connectivity index (χ1n) is 4.95. The number of nitrogens with zero attached hydrogens (tertiary/aromatic N) is 2. The van der Waals surface area contributed by atoms with E-state index in [1.54, 1.807) is 20.8 Å². The average molecular weight is 212 g/mol. The van der Waals surface area contributed by atoms with Crippen LogP contribution in [0.2, 0.25) is 0 Å². The lowest BCUT2D eigenvalue weighted by atomic mass is 9.97. The summed E-state index contributed by atoms with van der Waals surface area (Å²) < 4.78 is 14.0. The number of allylic oxidation sites excluding steroid dienone is 1. The van der Waals surface area contributed by atoms with Gasteiger partial charge in [0.1, 0.15) is 6.07 Å². The molecule has 0 rings (SSSR count). The summed E-state index contributed by atoms with van der Waals surface area (Å²) in [5.41, 5.74) is -1.97. The molecule has 1 amide bonds. The van der Waals surface area contributed by atoms with Crippen LogP contribution in [0.5, 0.6) is 0 Å². The molecule has 0 aliphatic carbocycles. The number of hydrogen-bond donors (Lipinski definition) is 0. The second-order valence-electron chi connectivity index (χ2n) is 3.52. The topological polar surface area (TPSA) is 44.1 Å². The van der Waals surface area contributed by atoms with Crippen molar-refractivity contribution in [3.8, 4) is 6.07 Å². The summed E-state index contributed by atoms with van der Waals surface area (Å²) in [5.74, 6) is -0.766. The van der Waals surface area contributed by atoms with Gasteiger partial charge >= 0.3 is 0 Å². The Morgan fingerprint density at radius 1 is 1.53 bits per heavy atom. The molecule has 0 N–H and O–H groups in total. The molecule has 0 aliphatic rings. The van der Waals surface area contributed by atoms with Crippen LogP contribution in [0, 0.1) is 11.3 Å². The summed E-state index contributed by atoms with van der Waals surface area (Å²) in [6.45, 7) is 9.42. The minimum absolute atomic E-state index is 0.237. The number of carbonyl (C=O) groups excluding carboxylic acids is 1. The fourth-order valence-electron chi connectivity index (χ4n) is 1.34. The van der Waals surface area contributed by atoms with Crippen molar-refractivity contribution in [1.82, 2.24) is 4.90 Å². The first-order valence-corrected chi connectivity index (χ1v) is 4.95. The molecule has 1 atom stereocenters. The molecular weight excluding hydrogens is 195 g/mol. The fraction of sp³-hybridized carbons (Fsp3) is 0.636. The Morgan fingerprint density at radius 2 is 2.00 bits per heavy atom. The smallest absolute Gasteiger partial charge is 0.276 e. The zero-order chi connectivity index (χ0) is 12.1. The van der Waals surface area contributed by atoms with Gasteiger partial charge in [-0.1, -0.05) is 12.2 Å². The van der Waals surface area contributed by atoms with Gasteiger partial charge in [0.15, 0.2) is 0 Å². The predicted molar refractivity (Wildman–Crippen MR) is 56.8 cm³/mol. The van der Waals surface area contributed by atoms with Gasteiger partial charge in [-0.25, -0.2) is 4.39 Å². The highest BCUT2D eigenvalue weighted by atomic mass is 19.1. The Morgan fingerprint density at radius 3 is 2.27 bits per heavy atom. The molecule has 0 aromatic heterocycles. The number of halogens is 1. The van der Waals surface area contributed by atoms with Crippen molar-refractivity contribution in [2.24, 2.45) is 0 Å². The van der Waals surface area contributed by atoms with Crippen LogP contribution in [0.1, 0.15) is 27.2 Å². The highest BCUT2D eigenvalue weighted by Crippen LogP contribution is 2.22. The lowest BCUT2D eigenvalue weighted by molar-refractivity contribution is -0.140. The second-order valence-corrected chi connectivity index (χ2v) is 3.52. The third-order valence-corrected chi connectivity index (χ3v) is 2.11. The predicted octanol–water partition coefficient (Wildman–Crippen LogP) is 2.05. The molecule has 0 bridgehead atoms. The maximum Gasteiger partial charge on any atom is 0.276 e. The molecule has 0 radical (unpaired) electrons. The number of nitriles is 1. The largest absolute Gasteiger partial charge is 0.340 e. The molecule has 0 saturated carbocycles. The summed E-state index contributed by atoms with van der Waals surface area (Å²) >= 11 is 0. The van der Waals surface area contributed by atoms with Crippen LogP contribution < -0.4 is 0 Å². The van der Waals surface area contributed by atoms with Gasteiger partial charge in [0.2, 0.25) is 0 Å². The molecule has 15 heavy (non-hydrogen) atoms. The van der Waals surface area contributed by atoms with Gasteiger partial charge in [0, 0.05) is 19.5 Å². The van der Waals surface area contributed by atoms with Crippen molar-refractivity contribution in [2.45, 2.75) is 32.9 Å². The molecule has 84 valence electrons. The van der Waals surface area contributed by atoms with Crippen LogP contribution in [0.4, 0.5) is 4.39 Å². The van der Waals surface area contributed by atoms with Crippen molar-refractivity contribution in [2.75, 3.05) is 13.1 Å². The van der Waals surface area contributed by atoms with Gasteiger partial charge in [-0.3, -0.25) is 4.79 Å². The molecule has 0 heterocycles. The Labute approximate surface area is 90.2 Å². The van der Waals surface area contributed by atoms with E-state index in [1.807, 2.05) is 0 Å². The molecule has 3 nitrogen and oxygen atoms in total. The third kappa shape index (κ3) is 3.35. The quantitative estimate of drug-likeness (QED) is 0.655. The van der Waals surface area contributed by atoms with E-state index in [9.17, 15) is 9.18 Å². The van der Waals surface area contributed by atoms with E-state index in [1.165, 1.54) is 11.0 Å². The lowest BCUT2D eigenvalue weighted by Crippen LogP contribution is -2.45. The van der Waals surface area contributed by atoms with Gasteiger partial charge in [0.25, 0.3) is 11.6 Å². The van der Waals surface area contributed by atoms with Crippen LogP contribution in [-0.4, -0.2) is 29.6 Å². The molecule has 0 aliphatic heterocycles. The number of rotatable bonds is 5. The van der Waals surface area contributed by atoms with Crippen LogP contribution in [0.3, 0.4) is 0 Å². The standard InChI is InChI=1S/C11H17FN2O/c1-5-14(6-2)10(15)11(12,8-13)7-9(3)4/h3,5-7H2,1-2,4H3. The van der Waals surface area contributed by atoms with Crippen LogP contribution in [-0.2, 0) is 4.79 Å². The van der Waals surface area contributed by atoms with E-state index >= 15 is 0 Å². The minimum atomic E-state index is -2.46. The van der Waals surface area contributed by atoms with Gasteiger partial charge in [0.05, 0.1) is 0 Å². The molecule has 0 spiro atoms. The Hall–Kier alpha value is -1.37. The Balaban J connectivity index is 4.88. The zero-order valence-electron chi connectivity index (χ0n) is 9.51. The lowest BCUT2D eigenvalue weighted by Gasteiger charge is -2.25. The monoisotopic (exact) mass is 212 g/mol. The summed E-state index contributed by atoms with van der Waals surface area (Å²) in [6, 6.07) is 1.44. The molecule has 0 fully saturated rings. The van der Waals surface area contributed by atoms with Crippen LogP contribution >= 0.6 is 0 Å². The summed E-state index contributed by atoms with van der Waals surface area (Å²) in [4.78, 5) is 13.0. The number of hydrogen-bond acceptors (Lipinski definition) is 2. The van der Waals surface area contributed by atoms with Gasteiger partial charge in [-0.05, 0) is 20.8 Å². The van der Waals surface area contributed by atoms with E-state index in [4.69, 9.17) is 5.26 Å². The summed E-state index contributed by atoms with van der Waals surface area (Å²) in [5, 5.41) is 8.73. The molecular formula is C11H17FN2O. The van der Waals surface area contributed by atoms with Crippen LogP contribution in [0.25, 0.3) is 0 Å². The van der Waals surface area contributed by atoms with Crippen molar-refractivity contribution >= 4 is 5.91 Å². The molecule has 0 aromatic rings. The summed E-state index contributed by atoms with van der Waals surface area (Å²) in [7, 11) is 0. The average Bonchev–Trinajstić information content (AvgIpc) is 2.18. The van der Waals surface area contributed by atoms with Crippen LogP contribution in [0.15, 0.2) is 12.2 Å². The number of carbonyl (C=O) groups is 1. The number of amides is 1. The Bertz CT molecular complexity index is 291. The van der Waals surface area contributed by atoms with E-state index in [0.717, 1.165) is 0 Å². The SMILES string of the molecule is C=C(C)CC(F)(C#N)C(=O)N(CC)CC. The van der Waals surface area contributed by atoms with E-state index in [-0.39, 0.29) is 6.42 Å². The Kier molecular flexibility index (Phi) is 4.99. The second kappa shape index (κ2) is 5.50. The van der Waals surface area contributed by atoms with E-state index in [2.05, 4.69) is 6.58 Å². The number of alkyl halides is 1. The van der Waals surface area contributed by atoms with Crippen molar-refractivity contribution in [3.05, 3.63) is 12.2 Å². The summed E-state index contributed by atoms with van der Waals surface area (Å²) in [6.07, 6.45) is -0.237. The molecule has 0 saturated heterocycles. The third-order valence-electron chi connectivity index (χ3n) is 2.11. The first-order chi connectivity index (χ1) is 6.91.